The fourth-order valence-corrected chi connectivity index (χ4v) is 3.32. The minimum absolute atomic E-state index is 0.122. The highest BCUT2D eigenvalue weighted by Crippen LogP contribution is 2.12. The Morgan fingerprint density at radius 2 is 1.37 bits per heavy atom. The lowest BCUT2D eigenvalue weighted by molar-refractivity contribution is -0.142. The van der Waals surface area contributed by atoms with Crippen LogP contribution in [-0.4, -0.2) is 17.7 Å². The monoisotopic (exact) mass is 414 g/mol. The lowest BCUT2D eigenvalue weighted by Crippen LogP contribution is -2.03. The Morgan fingerprint density at radius 1 is 0.800 bits per heavy atom. The summed E-state index contributed by atoms with van der Waals surface area (Å²) in [6, 6.07) is 6.91. The molecule has 168 valence electrons. The molecule has 0 saturated carbocycles. The van der Waals surface area contributed by atoms with Crippen molar-refractivity contribution in [2.24, 2.45) is 0 Å². The minimum Gasteiger partial charge on any atom is -0.508 e. The van der Waals surface area contributed by atoms with E-state index in [2.05, 4.69) is 19.1 Å². The molecular formula is C27H42O3. The number of phenols is 1. The van der Waals surface area contributed by atoms with Crippen LogP contribution in [0.3, 0.4) is 0 Å². The van der Waals surface area contributed by atoms with Gasteiger partial charge in [0.2, 0.25) is 0 Å². The van der Waals surface area contributed by atoms with Crippen LogP contribution in [0, 0.1) is 0 Å². The normalized spacial score (nSPS) is 11.5. The molecule has 0 radical (unpaired) electrons. The van der Waals surface area contributed by atoms with Crippen LogP contribution < -0.4 is 0 Å². The highest BCUT2D eigenvalue weighted by Gasteiger charge is 2.01. The first kappa shape index (κ1) is 26.0. The Hall–Kier alpha value is -2.03. The molecule has 0 aromatic heterocycles. The number of carbonyl (C=O) groups is 1. The smallest absolute Gasteiger partial charge is 0.306 e. The molecule has 0 saturated heterocycles. The van der Waals surface area contributed by atoms with E-state index in [-0.39, 0.29) is 11.7 Å². The number of unbranched alkanes of at least 4 members (excludes halogenated alkanes) is 11. The number of benzene rings is 1. The van der Waals surface area contributed by atoms with Gasteiger partial charge in [0.15, 0.2) is 0 Å². The lowest BCUT2D eigenvalue weighted by atomic mass is 10.1. The minimum atomic E-state index is -0.122. The van der Waals surface area contributed by atoms with Crippen molar-refractivity contribution in [1.82, 2.24) is 0 Å². The van der Waals surface area contributed by atoms with Crippen LogP contribution in [0.25, 0.3) is 6.08 Å². The predicted octanol–water partition coefficient (Wildman–Crippen LogP) is 7.99. The fraction of sp³-hybridized carbons (Fsp3) is 0.593. The highest BCUT2D eigenvalue weighted by atomic mass is 16.5. The summed E-state index contributed by atoms with van der Waals surface area (Å²) in [6.45, 7) is 2.56. The SMILES string of the molecule is CCCCCCCCC=CCCCCCCCC(=O)OCC=Cc1ccc(O)cc1. The van der Waals surface area contributed by atoms with Gasteiger partial charge >= 0.3 is 5.97 Å². The summed E-state index contributed by atoms with van der Waals surface area (Å²) in [5.74, 6) is 0.126. The van der Waals surface area contributed by atoms with Gasteiger partial charge in [0.05, 0.1) is 0 Å². The van der Waals surface area contributed by atoms with Crippen molar-refractivity contribution >= 4 is 12.0 Å². The zero-order chi connectivity index (χ0) is 21.7. The first-order valence-corrected chi connectivity index (χ1v) is 12.0. The van der Waals surface area contributed by atoms with Crippen LogP contribution in [0.15, 0.2) is 42.5 Å². The average Bonchev–Trinajstić information content (AvgIpc) is 2.75. The third kappa shape index (κ3) is 15.8. The largest absolute Gasteiger partial charge is 0.508 e. The van der Waals surface area contributed by atoms with Gasteiger partial charge < -0.3 is 9.84 Å². The first-order valence-electron chi connectivity index (χ1n) is 12.0. The number of hydrogen-bond donors (Lipinski definition) is 1. The van der Waals surface area contributed by atoms with Gasteiger partial charge in [0.25, 0.3) is 0 Å². The molecule has 0 atom stereocenters. The number of aromatic hydroxyl groups is 1. The molecule has 0 bridgehead atoms. The molecule has 1 N–H and O–H groups in total. The lowest BCUT2D eigenvalue weighted by Gasteiger charge is -2.02. The Balaban J connectivity index is 1.86. The van der Waals surface area contributed by atoms with Crippen molar-refractivity contribution < 1.29 is 14.6 Å². The van der Waals surface area contributed by atoms with Crippen LogP contribution in [0.2, 0.25) is 0 Å². The third-order valence-electron chi connectivity index (χ3n) is 5.19. The van der Waals surface area contributed by atoms with Crippen molar-refractivity contribution in [3.05, 3.63) is 48.1 Å². The Labute approximate surface area is 184 Å². The summed E-state index contributed by atoms with van der Waals surface area (Å²) in [6.07, 6.45) is 25.2. The number of esters is 1. The fourth-order valence-electron chi connectivity index (χ4n) is 3.32. The second kappa shape index (κ2) is 19.0. The van der Waals surface area contributed by atoms with Gasteiger partial charge in [0.1, 0.15) is 12.4 Å². The molecule has 0 unspecified atom stereocenters. The quantitative estimate of drug-likeness (QED) is 0.150. The summed E-state index contributed by atoms with van der Waals surface area (Å²) in [5.41, 5.74) is 0.973. The van der Waals surface area contributed by atoms with E-state index in [0.29, 0.717) is 13.0 Å². The molecule has 1 aromatic rings. The van der Waals surface area contributed by atoms with Crippen LogP contribution in [0.4, 0.5) is 0 Å². The van der Waals surface area contributed by atoms with Crippen LogP contribution in [0.5, 0.6) is 5.75 Å². The maximum absolute atomic E-state index is 11.7. The van der Waals surface area contributed by atoms with Crippen molar-refractivity contribution in [1.29, 1.82) is 0 Å². The summed E-state index contributed by atoms with van der Waals surface area (Å²) in [7, 11) is 0. The number of carbonyl (C=O) groups excluding carboxylic acids is 1. The summed E-state index contributed by atoms with van der Waals surface area (Å²) < 4.78 is 5.22. The van der Waals surface area contributed by atoms with E-state index in [9.17, 15) is 9.90 Å². The van der Waals surface area contributed by atoms with E-state index in [0.717, 1.165) is 18.4 Å². The van der Waals surface area contributed by atoms with Crippen LogP contribution in [0.1, 0.15) is 102 Å². The van der Waals surface area contributed by atoms with Crippen molar-refractivity contribution in [3.8, 4) is 5.75 Å². The number of rotatable bonds is 18. The molecule has 1 rings (SSSR count). The number of allylic oxidation sites excluding steroid dienone is 2. The predicted molar refractivity (Wildman–Crippen MR) is 128 cm³/mol. The third-order valence-corrected chi connectivity index (χ3v) is 5.19. The van der Waals surface area contributed by atoms with Gasteiger partial charge in [-0.2, -0.15) is 0 Å². The second-order valence-electron chi connectivity index (χ2n) is 8.01. The molecule has 30 heavy (non-hydrogen) atoms. The highest BCUT2D eigenvalue weighted by molar-refractivity contribution is 5.69. The second-order valence-corrected chi connectivity index (χ2v) is 8.01. The molecule has 0 aliphatic rings. The van der Waals surface area contributed by atoms with Gasteiger partial charge in [-0.3, -0.25) is 4.79 Å². The van der Waals surface area contributed by atoms with E-state index >= 15 is 0 Å². The standard InChI is InChI=1S/C27H42O3/c1-2-3-4-5-6-7-8-9-10-11-12-13-14-15-16-19-27(29)30-24-17-18-25-20-22-26(28)23-21-25/h9-10,17-18,20-23,28H,2-8,11-16,19,24H2,1H3. The number of ether oxygens (including phenoxy) is 1. The maximum Gasteiger partial charge on any atom is 0.306 e. The summed E-state index contributed by atoms with van der Waals surface area (Å²) in [5, 5.41) is 9.24. The van der Waals surface area contributed by atoms with Gasteiger partial charge in [-0.15, -0.1) is 0 Å². The molecule has 1 aromatic carbocycles. The van der Waals surface area contributed by atoms with E-state index in [1.165, 1.54) is 70.6 Å². The van der Waals surface area contributed by atoms with E-state index in [1.807, 2.05) is 24.3 Å². The van der Waals surface area contributed by atoms with Crippen molar-refractivity contribution in [2.75, 3.05) is 6.61 Å². The molecule has 0 aliphatic carbocycles. The van der Waals surface area contributed by atoms with Crippen LogP contribution >= 0.6 is 0 Å². The molecule has 0 heterocycles. The summed E-state index contributed by atoms with van der Waals surface area (Å²) >= 11 is 0. The molecule has 0 spiro atoms. The zero-order valence-electron chi connectivity index (χ0n) is 19.0. The molecule has 0 fully saturated rings. The summed E-state index contributed by atoms with van der Waals surface area (Å²) in [4.78, 5) is 11.7. The van der Waals surface area contributed by atoms with Gasteiger partial charge in [-0.05, 0) is 55.9 Å². The van der Waals surface area contributed by atoms with Gasteiger partial charge in [-0.1, -0.05) is 88.7 Å². The molecule has 3 nitrogen and oxygen atoms in total. The maximum atomic E-state index is 11.7. The van der Waals surface area contributed by atoms with E-state index < -0.39 is 0 Å². The first-order chi connectivity index (χ1) is 14.7. The Kier molecular flexibility index (Phi) is 16.4. The number of hydrogen-bond acceptors (Lipinski definition) is 3. The van der Waals surface area contributed by atoms with Gasteiger partial charge in [0, 0.05) is 6.42 Å². The van der Waals surface area contributed by atoms with Crippen LogP contribution in [-0.2, 0) is 9.53 Å². The van der Waals surface area contributed by atoms with Gasteiger partial charge in [-0.25, -0.2) is 0 Å². The average molecular weight is 415 g/mol. The Bertz CT molecular complexity index is 587. The van der Waals surface area contributed by atoms with Crippen molar-refractivity contribution in [3.63, 3.8) is 0 Å². The number of phenolic OH excluding ortho intramolecular Hbond substituents is 1. The molecule has 0 amide bonds. The molecule has 3 heteroatoms. The van der Waals surface area contributed by atoms with Crippen molar-refractivity contribution in [2.45, 2.75) is 96.8 Å². The Morgan fingerprint density at radius 3 is 2.00 bits per heavy atom. The zero-order valence-corrected chi connectivity index (χ0v) is 19.0. The van der Waals surface area contributed by atoms with E-state index in [4.69, 9.17) is 4.74 Å². The van der Waals surface area contributed by atoms with E-state index in [1.54, 1.807) is 12.1 Å². The molecule has 0 aliphatic heterocycles. The molecular weight excluding hydrogens is 372 g/mol. The topological polar surface area (TPSA) is 46.5 Å².